The lowest BCUT2D eigenvalue weighted by Crippen LogP contribution is -2.47. The summed E-state index contributed by atoms with van der Waals surface area (Å²) in [5.41, 5.74) is 6.76. The number of oxime groups is 1. The van der Waals surface area contributed by atoms with Crippen molar-refractivity contribution in [2.24, 2.45) is 16.3 Å². The minimum atomic E-state index is -0.895. The predicted octanol–water partition coefficient (Wildman–Crippen LogP) is 3.02. The van der Waals surface area contributed by atoms with Gasteiger partial charge in [-0.3, -0.25) is 4.79 Å². The Morgan fingerprint density at radius 2 is 1.86 bits per heavy atom. The average Bonchev–Trinajstić information content (AvgIpc) is 2.75. The third-order valence-electron chi connectivity index (χ3n) is 4.38. The molecule has 1 amide bonds. The molecule has 2 rings (SSSR count). The number of carbonyl (C=O) groups excluding carboxylic acids is 1. The van der Waals surface area contributed by atoms with Gasteiger partial charge in [-0.2, -0.15) is 0 Å². The van der Waals surface area contributed by atoms with Gasteiger partial charge in [-0.05, 0) is 31.4 Å². The summed E-state index contributed by atoms with van der Waals surface area (Å²) in [4.78, 5) is 12.8. The maximum Gasteiger partial charge on any atom is 0.238 e. The van der Waals surface area contributed by atoms with Crippen molar-refractivity contribution in [3.8, 4) is 0 Å². The quantitative estimate of drug-likeness (QED) is 0.263. The van der Waals surface area contributed by atoms with Crippen LogP contribution in [0.2, 0.25) is 0 Å². The Bertz CT molecular complexity index is 532. The highest BCUT2D eigenvalue weighted by atomic mass is 16.4. The summed E-state index contributed by atoms with van der Waals surface area (Å²) in [6, 6.07) is 7.62. The maximum absolute atomic E-state index is 12.8. The molecule has 1 fully saturated rings. The van der Waals surface area contributed by atoms with E-state index in [1.54, 1.807) is 0 Å². The highest BCUT2D eigenvalue weighted by Gasteiger charge is 2.43. The van der Waals surface area contributed by atoms with Crippen LogP contribution in [0.25, 0.3) is 0 Å². The first-order chi connectivity index (χ1) is 10.1. The summed E-state index contributed by atoms with van der Waals surface area (Å²) < 4.78 is 0. The molecule has 0 heterocycles. The molecule has 1 aromatic rings. The molecule has 1 aromatic carbocycles. The molecule has 1 aliphatic carbocycles. The number of amidine groups is 1. The number of para-hydroxylation sites is 1. The van der Waals surface area contributed by atoms with Crippen molar-refractivity contribution in [2.45, 2.75) is 45.4 Å². The number of benzene rings is 1. The van der Waals surface area contributed by atoms with Gasteiger partial charge in [-0.1, -0.05) is 49.0 Å². The second-order valence-corrected chi connectivity index (χ2v) is 5.75. The van der Waals surface area contributed by atoms with Gasteiger partial charge < -0.3 is 16.3 Å². The minimum Gasteiger partial charge on any atom is -0.409 e. The molecule has 1 saturated carbocycles. The number of amides is 1. The maximum atomic E-state index is 12.8. The summed E-state index contributed by atoms with van der Waals surface area (Å²) >= 11 is 0. The molecule has 0 bridgehead atoms. The van der Waals surface area contributed by atoms with Crippen LogP contribution in [0.1, 0.15) is 44.1 Å². The van der Waals surface area contributed by atoms with Gasteiger partial charge in [0.25, 0.3) is 0 Å². The number of anilines is 1. The number of hydrogen-bond donors (Lipinski definition) is 3. The molecule has 114 valence electrons. The Morgan fingerprint density at radius 3 is 2.43 bits per heavy atom. The molecular weight excluding hydrogens is 266 g/mol. The van der Waals surface area contributed by atoms with E-state index in [2.05, 4.69) is 10.5 Å². The van der Waals surface area contributed by atoms with E-state index in [0.717, 1.165) is 36.9 Å². The van der Waals surface area contributed by atoms with Crippen molar-refractivity contribution in [3.63, 3.8) is 0 Å². The molecule has 0 saturated heterocycles. The summed E-state index contributed by atoms with van der Waals surface area (Å²) in [6.07, 6.45) is 5.24. The summed E-state index contributed by atoms with van der Waals surface area (Å²) in [5, 5.41) is 15.2. The molecule has 4 N–H and O–H groups in total. The van der Waals surface area contributed by atoms with E-state index in [9.17, 15) is 4.79 Å². The van der Waals surface area contributed by atoms with Gasteiger partial charge >= 0.3 is 0 Å². The van der Waals surface area contributed by atoms with Crippen LogP contribution in [0, 0.1) is 12.3 Å². The van der Waals surface area contributed by atoms with Crippen LogP contribution in [0.15, 0.2) is 29.4 Å². The molecule has 0 spiro atoms. The second kappa shape index (κ2) is 6.61. The fourth-order valence-corrected chi connectivity index (χ4v) is 2.98. The van der Waals surface area contributed by atoms with Crippen LogP contribution in [-0.2, 0) is 4.79 Å². The molecule has 0 unspecified atom stereocenters. The third kappa shape index (κ3) is 3.17. The van der Waals surface area contributed by atoms with E-state index in [-0.39, 0.29) is 11.7 Å². The van der Waals surface area contributed by atoms with Crippen molar-refractivity contribution < 1.29 is 10.0 Å². The molecule has 21 heavy (non-hydrogen) atoms. The average molecular weight is 289 g/mol. The zero-order valence-corrected chi connectivity index (χ0v) is 12.4. The van der Waals surface area contributed by atoms with Crippen molar-refractivity contribution in [1.29, 1.82) is 0 Å². The first-order valence-electron chi connectivity index (χ1n) is 7.45. The Balaban J connectivity index is 2.28. The molecule has 0 atom stereocenters. The SMILES string of the molecule is Cc1ccccc1NC(=O)C1(C(N)=NO)CCCCCC1. The smallest absolute Gasteiger partial charge is 0.238 e. The number of nitrogens with two attached hydrogens (primary N) is 1. The standard InChI is InChI=1S/C16H23N3O2/c1-12-8-4-5-9-13(12)18-15(20)16(14(17)19-21)10-6-2-3-7-11-16/h4-5,8-9,21H,2-3,6-7,10-11H2,1H3,(H2,17,19)(H,18,20). The molecule has 0 aromatic heterocycles. The van der Waals surface area contributed by atoms with Crippen molar-refractivity contribution in [3.05, 3.63) is 29.8 Å². The molecule has 5 heteroatoms. The van der Waals surface area contributed by atoms with Crippen molar-refractivity contribution >= 4 is 17.4 Å². The highest BCUT2D eigenvalue weighted by Crippen LogP contribution is 2.36. The minimum absolute atomic E-state index is 0.0236. The molecule has 1 aliphatic rings. The van der Waals surface area contributed by atoms with Gasteiger partial charge in [-0.15, -0.1) is 0 Å². The first kappa shape index (κ1) is 15.4. The Labute approximate surface area is 125 Å². The van der Waals surface area contributed by atoms with E-state index in [1.165, 1.54) is 0 Å². The Hall–Kier alpha value is -2.04. The van der Waals surface area contributed by atoms with Crippen LogP contribution >= 0.6 is 0 Å². The molecule has 5 nitrogen and oxygen atoms in total. The monoisotopic (exact) mass is 289 g/mol. The van der Waals surface area contributed by atoms with Gasteiger partial charge in [0.05, 0.1) is 0 Å². The number of aryl methyl sites for hydroxylation is 1. The van der Waals surface area contributed by atoms with E-state index in [0.29, 0.717) is 12.8 Å². The highest BCUT2D eigenvalue weighted by molar-refractivity contribution is 6.12. The number of hydrogen-bond acceptors (Lipinski definition) is 3. The number of nitrogens with zero attached hydrogens (tertiary/aromatic N) is 1. The zero-order chi connectivity index (χ0) is 15.3. The van der Waals surface area contributed by atoms with Crippen LogP contribution in [0.4, 0.5) is 5.69 Å². The van der Waals surface area contributed by atoms with Gasteiger partial charge in [0.1, 0.15) is 5.41 Å². The topological polar surface area (TPSA) is 87.7 Å². The van der Waals surface area contributed by atoms with Crippen LogP contribution in [0.5, 0.6) is 0 Å². The second-order valence-electron chi connectivity index (χ2n) is 5.75. The fourth-order valence-electron chi connectivity index (χ4n) is 2.98. The Morgan fingerprint density at radius 1 is 1.24 bits per heavy atom. The summed E-state index contributed by atoms with van der Waals surface area (Å²) in [5.74, 6) is -0.149. The lowest BCUT2D eigenvalue weighted by atomic mass is 9.78. The normalized spacial score (nSPS) is 18.8. The number of carbonyl (C=O) groups is 1. The summed E-state index contributed by atoms with van der Waals surface area (Å²) in [7, 11) is 0. The Kier molecular flexibility index (Phi) is 4.83. The molecule has 0 radical (unpaired) electrons. The van der Waals surface area contributed by atoms with E-state index >= 15 is 0 Å². The zero-order valence-electron chi connectivity index (χ0n) is 12.4. The van der Waals surface area contributed by atoms with Gasteiger partial charge in [0.15, 0.2) is 5.84 Å². The lowest BCUT2D eigenvalue weighted by Gasteiger charge is -2.30. The van der Waals surface area contributed by atoms with E-state index < -0.39 is 5.41 Å². The fraction of sp³-hybridized carbons (Fsp3) is 0.500. The van der Waals surface area contributed by atoms with Gasteiger partial charge in [0.2, 0.25) is 5.91 Å². The predicted molar refractivity (Wildman–Crippen MR) is 83.4 cm³/mol. The lowest BCUT2D eigenvalue weighted by molar-refractivity contribution is -0.123. The van der Waals surface area contributed by atoms with Crippen LogP contribution in [0.3, 0.4) is 0 Å². The third-order valence-corrected chi connectivity index (χ3v) is 4.38. The van der Waals surface area contributed by atoms with Crippen molar-refractivity contribution in [2.75, 3.05) is 5.32 Å². The van der Waals surface area contributed by atoms with Crippen molar-refractivity contribution in [1.82, 2.24) is 0 Å². The van der Waals surface area contributed by atoms with Crippen LogP contribution in [-0.4, -0.2) is 17.0 Å². The van der Waals surface area contributed by atoms with Gasteiger partial charge in [0, 0.05) is 5.69 Å². The number of nitrogens with one attached hydrogen (secondary N) is 1. The van der Waals surface area contributed by atoms with E-state index in [4.69, 9.17) is 10.9 Å². The molecule has 0 aliphatic heterocycles. The summed E-state index contributed by atoms with van der Waals surface area (Å²) in [6.45, 7) is 1.94. The van der Waals surface area contributed by atoms with Gasteiger partial charge in [-0.25, -0.2) is 0 Å². The number of rotatable bonds is 3. The first-order valence-corrected chi connectivity index (χ1v) is 7.45. The van der Waals surface area contributed by atoms with E-state index in [1.807, 2.05) is 31.2 Å². The largest absolute Gasteiger partial charge is 0.409 e. The molecular formula is C16H23N3O2. The van der Waals surface area contributed by atoms with Crippen LogP contribution < -0.4 is 11.1 Å².